The van der Waals surface area contributed by atoms with Crippen molar-refractivity contribution >= 4 is 22.9 Å². The van der Waals surface area contributed by atoms with E-state index >= 15 is 0 Å². The van der Waals surface area contributed by atoms with Gasteiger partial charge in [0.25, 0.3) is 5.91 Å². The number of anilines is 1. The maximum absolute atomic E-state index is 11.9. The number of nitrogens with zero attached hydrogens (tertiary/aromatic N) is 2. The molecule has 5 nitrogen and oxygen atoms in total. The van der Waals surface area contributed by atoms with E-state index in [4.69, 9.17) is 4.74 Å². The molecule has 0 radical (unpaired) electrons. The van der Waals surface area contributed by atoms with Gasteiger partial charge in [-0.1, -0.05) is 6.07 Å². The Hall–Kier alpha value is -1.66. The Kier molecular flexibility index (Phi) is 4.13. The molecule has 0 unspecified atom stereocenters. The summed E-state index contributed by atoms with van der Waals surface area (Å²) in [4.78, 5) is 12.6. The highest BCUT2D eigenvalue weighted by atomic mass is 32.1. The molecule has 0 bridgehead atoms. The number of thiophene rings is 1. The second-order valence-electron chi connectivity index (χ2n) is 4.87. The molecule has 1 fully saturated rings. The Balaban J connectivity index is 1.57. The highest BCUT2D eigenvalue weighted by Crippen LogP contribution is 2.16. The normalized spacial score (nSPS) is 18.9. The minimum absolute atomic E-state index is 0.0894. The number of amides is 1. The fourth-order valence-electron chi connectivity index (χ4n) is 2.29. The van der Waals surface area contributed by atoms with Crippen molar-refractivity contribution in [1.29, 1.82) is 0 Å². The molecule has 6 heteroatoms. The van der Waals surface area contributed by atoms with Gasteiger partial charge < -0.3 is 10.1 Å². The number of ether oxygens (including phenoxy) is 1. The van der Waals surface area contributed by atoms with E-state index < -0.39 is 0 Å². The first-order valence-corrected chi connectivity index (χ1v) is 7.68. The summed E-state index contributed by atoms with van der Waals surface area (Å²) in [5, 5.41) is 9.01. The minimum atomic E-state index is -0.0894. The molecule has 3 rings (SSSR count). The lowest BCUT2D eigenvalue weighted by Crippen LogP contribution is -2.24. The zero-order valence-electron chi connectivity index (χ0n) is 11.1. The van der Waals surface area contributed by atoms with Crippen molar-refractivity contribution < 1.29 is 9.53 Å². The van der Waals surface area contributed by atoms with E-state index in [1.54, 1.807) is 12.3 Å². The van der Waals surface area contributed by atoms with E-state index in [2.05, 4.69) is 10.4 Å². The van der Waals surface area contributed by atoms with Crippen molar-refractivity contribution in [2.24, 2.45) is 0 Å². The van der Waals surface area contributed by atoms with Gasteiger partial charge in [-0.2, -0.15) is 5.10 Å². The highest BCUT2D eigenvalue weighted by molar-refractivity contribution is 7.12. The highest BCUT2D eigenvalue weighted by Gasteiger charge is 2.15. The van der Waals surface area contributed by atoms with Crippen LogP contribution >= 0.6 is 11.3 Å². The van der Waals surface area contributed by atoms with Gasteiger partial charge in [0.1, 0.15) is 0 Å². The van der Waals surface area contributed by atoms with E-state index in [0.717, 1.165) is 31.7 Å². The first-order valence-electron chi connectivity index (χ1n) is 6.80. The van der Waals surface area contributed by atoms with Crippen molar-refractivity contribution in [1.82, 2.24) is 9.78 Å². The van der Waals surface area contributed by atoms with Crippen molar-refractivity contribution in [3.05, 3.63) is 34.8 Å². The van der Waals surface area contributed by atoms with Crippen LogP contribution in [0.4, 0.5) is 5.69 Å². The summed E-state index contributed by atoms with van der Waals surface area (Å²) in [5.74, 6) is -0.0894. The Morgan fingerprint density at radius 3 is 3.25 bits per heavy atom. The van der Waals surface area contributed by atoms with Gasteiger partial charge in [-0.05, 0) is 30.7 Å². The number of hydrogen-bond donors (Lipinski definition) is 1. The molecule has 1 amide bonds. The number of hydrogen-bond acceptors (Lipinski definition) is 4. The monoisotopic (exact) mass is 291 g/mol. The van der Waals surface area contributed by atoms with Crippen LogP contribution in [0.1, 0.15) is 28.9 Å². The van der Waals surface area contributed by atoms with Gasteiger partial charge in [-0.25, -0.2) is 0 Å². The first kappa shape index (κ1) is 13.3. The molecule has 3 heterocycles. The molecular weight excluding hydrogens is 274 g/mol. The van der Waals surface area contributed by atoms with E-state index in [-0.39, 0.29) is 12.0 Å². The third kappa shape index (κ3) is 3.26. The van der Waals surface area contributed by atoms with Crippen LogP contribution in [0, 0.1) is 0 Å². The van der Waals surface area contributed by atoms with Crippen LogP contribution in [0.2, 0.25) is 0 Å². The quantitative estimate of drug-likeness (QED) is 0.942. The summed E-state index contributed by atoms with van der Waals surface area (Å²) in [5.41, 5.74) is 0.721. The molecule has 2 aromatic rings. The second kappa shape index (κ2) is 6.19. The second-order valence-corrected chi connectivity index (χ2v) is 5.82. The maximum atomic E-state index is 11.9. The minimum Gasteiger partial charge on any atom is -0.376 e. The van der Waals surface area contributed by atoms with Crippen LogP contribution in [0.25, 0.3) is 0 Å². The predicted octanol–water partition coefficient (Wildman–Crippen LogP) is 2.77. The van der Waals surface area contributed by atoms with Crippen molar-refractivity contribution in [3.8, 4) is 0 Å². The van der Waals surface area contributed by atoms with Gasteiger partial charge in [0, 0.05) is 12.8 Å². The number of aromatic nitrogens is 2. The molecule has 1 aliphatic heterocycles. The third-order valence-electron chi connectivity index (χ3n) is 3.30. The molecule has 0 saturated carbocycles. The average molecular weight is 291 g/mol. The topological polar surface area (TPSA) is 56.2 Å². The van der Waals surface area contributed by atoms with Crippen LogP contribution < -0.4 is 5.32 Å². The van der Waals surface area contributed by atoms with E-state index in [0.29, 0.717) is 4.88 Å². The zero-order chi connectivity index (χ0) is 13.8. The summed E-state index contributed by atoms with van der Waals surface area (Å²) in [6, 6.07) is 3.67. The zero-order valence-corrected chi connectivity index (χ0v) is 11.9. The smallest absolute Gasteiger partial charge is 0.265 e. The van der Waals surface area contributed by atoms with Gasteiger partial charge >= 0.3 is 0 Å². The fraction of sp³-hybridized carbons (Fsp3) is 0.429. The molecule has 0 spiro atoms. The largest absolute Gasteiger partial charge is 0.376 e. The standard InChI is InChI=1S/C14H17N3O2S/c18-14(13-5-3-7-20-13)16-11-8-15-17(9-11)10-12-4-1-2-6-19-12/h3,5,7-9,12H,1-2,4,6,10H2,(H,16,18)/t12-/m1/s1. The lowest BCUT2D eigenvalue weighted by atomic mass is 10.1. The Labute approximate surface area is 121 Å². The molecule has 1 aliphatic rings. The molecule has 20 heavy (non-hydrogen) atoms. The molecule has 106 valence electrons. The van der Waals surface area contributed by atoms with Crippen molar-refractivity contribution in [2.75, 3.05) is 11.9 Å². The number of carbonyl (C=O) groups is 1. The van der Waals surface area contributed by atoms with Crippen molar-refractivity contribution in [3.63, 3.8) is 0 Å². The predicted molar refractivity (Wildman–Crippen MR) is 78.1 cm³/mol. The number of nitrogens with one attached hydrogen (secondary N) is 1. The maximum Gasteiger partial charge on any atom is 0.265 e. The molecule has 2 aromatic heterocycles. The molecule has 1 N–H and O–H groups in total. The van der Waals surface area contributed by atoms with Gasteiger partial charge in [0.2, 0.25) is 0 Å². The Morgan fingerprint density at radius 2 is 2.50 bits per heavy atom. The van der Waals surface area contributed by atoms with Crippen LogP contribution in [-0.2, 0) is 11.3 Å². The Morgan fingerprint density at radius 1 is 1.55 bits per heavy atom. The fourth-order valence-corrected chi connectivity index (χ4v) is 2.91. The van der Waals surface area contributed by atoms with E-state index in [9.17, 15) is 4.79 Å². The van der Waals surface area contributed by atoms with Gasteiger partial charge in [-0.3, -0.25) is 9.48 Å². The van der Waals surface area contributed by atoms with Gasteiger partial charge in [0.15, 0.2) is 0 Å². The Bertz CT molecular complexity index is 559. The van der Waals surface area contributed by atoms with E-state index in [1.165, 1.54) is 17.8 Å². The lowest BCUT2D eigenvalue weighted by molar-refractivity contribution is 0.00401. The van der Waals surface area contributed by atoms with Gasteiger partial charge in [-0.15, -0.1) is 11.3 Å². The summed E-state index contributed by atoms with van der Waals surface area (Å²) >= 11 is 1.43. The van der Waals surface area contributed by atoms with Crippen LogP contribution in [0.5, 0.6) is 0 Å². The first-order chi connectivity index (χ1) is 9.81. The molecular formula is C14H17N3O2S. The molecule has 0 aliphatic carbocycles. The van der Waals surface area contributed by atoms with Crippen LogP contribution in [0.15, 0.2) is 29.9 Å². The summed E-state index contributed by atoms with van der Waals surface area (Å²) in [6.07, 6.45) is 7.21. The average Bonchev–Trinajstić information content (AvgIpc) is 3.11. The van der Waals surface area contributed by atoms with Gasteiger partial charge in [0.05, 0.1) is 29.4 Å². The lowest BCUT2D eigenvalue weighted by Gasteiger charge is -2.22. The van der Waals surface area contributed by atoms with Crippen molar-refractivity contribution in [2.45, 2.75) is 31.9 Å². The summed E-state index contributed by atoms with van der Waals surface area (Å²) in [7, 11) is 0. The van der Waals surface area contributed by atoms with Crippen LogP contribution in [0.3, 0.4) is 0 Å². The van der Waals surface area contributed by atoms with Crippen LogP contribution in [-0.4, -0.2) is 28.4 Å². The summed E-state index contributed by atoms with van der Waals surface area (Å²) in [6.45, 7) is 1.59. The SMILES string of the molecule is O=C(Nc1cnn(C[C@H]2CCCCO2)c1)c1cccs1. The molecule has 1 saturated heterocycles. The number of carbonyl (C=O) groups excluding carboxylic acids is 1. The third-order valence-corrected chi connectivity index (χ3v) is 4.17. The van der Waals surface area contributed by atoms with E-state index in [1.807, 2.05) is 22.3 Å². The number of rotatable bonds is 4. The summed E-state index contributed by atoms with van der Waals surface area (Å²) < 4.78 is 7.52. The molecule has 1 atom stereocenters. The molecule has 0 aromatic carbocycles.